The first-order valence-electron chi connectivity index (χ1n) is 12.4. The summed E-state index contributed by atoms with van der Waals surface area (Å²) in [7, 11) is 0. The van der Waals surface area contributed by atoms with Crippen LogP contribution in [0.4, 0.5) is 0 Å². The third kappa shape index (κ3) is 8.12. The number of aromatic amines is 1. The topological polar surface area (TPSA) is 224 Å². The lowest BCUT2D eigenvalue weighted by molar-refractivity contribution is -0.147. The van der Waals surface area contributed by atoms with Gasteiger partial charge in [0.05, 0.1) is 13.0 Å². The number of carbonyl (C=O) groups excluding carboxylic acids is 3. The molecule has 0 aliphatic rings. The van der Waals surface area contributed by atoms with E-state index < -0.39 is 66.9 Å². The molecule has 2 aromatic carbocycles. The summed E-state index contributed by atoms with van der Waals surface area (Å²) in [5.74, 6) is -5.47. The molecule has 13 nitrogen and oxygen atoms in total. The lowest BCUT2D eigenvalue weighted by Gasteiger charge is -2.25. The number of carboxylic acid groups (broad SMARTS) is 2. The average molecular weight is 554 g/mol. The van der Waals surface area contributed by atoms with Gasteiger partial charge in [-0.3, -0.25) is 19.2 Å². The molecule has 4 atom stereocenters. The number of nitrogens with one attached hydrogen (secondary N) is 4. The third-order valence-electron chi connectivity index (χ3n) is 6.17. The Kier molecular flexibility index (Phi) is 10.3. The Morgan fingerprint density at radius 1 is 0.775 bits per heavy atom. The number of hydrogen-bond donors (Lipinski definition) is 8. The molecule has 9 N–H and O–H groups in total. The van der Waals surface area contributed by atoms with Crippen molar-refractivity contribution in [3.8, 4) is 0 Å². The van der Waals surface area contributed by atoms with Crippen LogP contribution in [0.2, 0.25) is 0 Å². The number of amides is 3. The average Bonchev–Trinajstić information content (AvgIpc) is 3.34. The third-order valence-corrected chi connectivity index (χ3v) is 6.17. The van der Waals surface area contributed by atoms with Crippen molar-refractivity contribution < 1.29 is 39.3 Å². The van der Waals surface area contributed by atoms with Crippen molar-refractivity contribution in [1.82, 2.24) is 20.9 Å². The number of rotatable bonds is 14. The summed E-state index contributed by atoms with van der Waals surface area (Å²) in [6, 6.07) is 10.3. The van der Waals surface area contributed by atoms with Gasteiger partial charge < -0.3 is 42.0 Å². The SMILES string of the molecule is NC(CO)C(=O)NC(Cc1c[nH]c2ccccc12)C(=O)NC(Cc1ccccc1)C(=O)NC(CC(=O)O)C(=O)O. The van der Waals surface area contributed by atoms with E-state index in [1.165, 1.54) is 0 Å². The molecule has 1 heterocycles. The van der Waals surface area contributed by atoms with Crippen LogP contribution in [0.3, 0.4) is 0 Å². The van der Waals surface area contributed by atoms with Crippen LogP contribution in [-0.2, 0) is 36.8 Å². The van der Waals surface area contributed by atoms with Gasteiger partial charge in [-0.05, 0) is 17.2 Å². The summed E-state index contributed by atoms with van der Waals surface area (Å²) < 4.78 is 0. The molecule has 40 heavy (non-hydrogen) atoms. The maximum atomic E-state index is 13.5. The van der Waals surface area contributed by atoms with Gasteiger partial charge in [0.15, 0.2) is 0 Å². The number of nitrogens with two attached hydrogens (primary N) is 1. The fourth-order valence-corrected chi connectivity index (χ4v) is 4.07. The molecule has 0 radical (unpaired) electrons. The van der Waals surface area contributed by atoms with E-state index in [4.69, 9.17) is 10.8 Å². The molecule has 0 aliphatic carbocycles. The largest absolute Gasteiger partial charge is 0.481 e. The molecule has 1 aromatic heterocycles. The van der Waals surface area contributed by atoms with E-state index in [9.17, 15) is 34.2 Å². The zero-order valence-corrected chi connectivity index (χ0v) is 21.4. The van der Waals surface area contributed by atoms with Gasteiger partial charge in [-0.1, -0.05) is 48.5 Å². The molecule has 3 amide bonds. The number of aromatic nitrogens is 1. The summed E-state index contributed by atoms with van der Waals surface area (Å²) in [5.41, 5.74) is 7.75. The zero-order valence-electron chi connectivity index (χ0n) is 21.4. The van der Waals surface area contributed by atoms with Gasteiger partial charge in [-0.2, -0.15) is 0 Å². The number of H-pyrrole nitrogens is 1. The second-order valence-electron chi connectivity index (χ2n) is 9.16. The molecule has 0 spiro atoms. The Bertz CT molecular complexity index is 1360. The number of para-hydroxylation sites is 1. The van der Waals surface area contributed by atoms with Crippen molar-refractivity contribution in [3.05, 3.63) is 71.9 Å². The minimum atomic E-state index is -1.73. The van der Waals surface area contributed by atoms with Crippen LogP contribution in [0.25, 0.3) is 10.9 Å². The van der Waals surface area contributed by atoms with Crippen molar-refractivity contribution in [2.45, 2.75) is 43.4 Å². The lowest BCUT2D eigenvalue weighted by atomic mass is 10.0. The Balaban J connectivity index is 1.88. The van der Waals surface area contributed by atoms with E-state index in [1.807, 2.05) is 24.3 Å². The standard InChI is InChI=1S/C27H31N5O8/c28-18(14-33)24(36)30-21(11-16-13-29-19-9-5-4-8-17(16)19)26(38)31-20(10-15-6-2-1-3-7-15)25(37)32-22(27(39)40)12-23(34)35/h1-9,13,18,20-22,29,33H,10-12,14,28H2,(H,30,36)(H,31,38)(H,32,37)(H,34,35)(H,39,40). The summed E-state index contributed by atoms with van der Waals surface area (Å²) in [4.78, 5) is 64.9. The first kappa shape index (κ1) is 29.8. The highest BCUT2D eigenvalue weighted by molar-refractivity contribution is 5.95. The Hall–Kier alpha value is -4.75. The van der Waals surface area contributed by atoms with Gasteiger partial charge in [0.1, 0.15) is 24.2 Å². The van der Waals surface area contributed by atoms with Crippen LogP contribution >= 0.6 is 0 Å². The first-order valence-corrected chi connectivity index (χ1v) is 12.4. The Morgan fingerprint density at radius 3 is 1.98 bits per heavy atom. The van der Waals surface area contributed by atoms with E-state index in [1.54, 1.807) is 36.5 Å². The molecule has 0 saturated carbocycles. The van der Waals surface area contributed by atoms with E-state index in [0.717, 1.165) is 10.9 Å². The van der Waals surface area contributed by atoms with Crippen LogP contribution in [0.15, 0.2) is 60.8 Å². The van der Waals surface area contributed by atoms with Crippen molar-refractivity contribution in [2.24, 2.45) is 5.73 Å². The van der Waals surface area contributed by atoms with Crippen molar-refractivity contribution in [3.63, 3.8) is 0 Å². The fourth-order valence-electron chi connectivity index (χ4n) is 4.07. The number of carbonyl (C=O) groups is 5. The van der Waals surface area contributed by atoms with Gasteiger partial charge in [-0.15, -0.1) is 0 Å². The highest BCUT2D eigenvalue weighted by Gasteiger charge is 2.31. The molecule has 0 saturated heterocycles. The van der Waals surface area contributed by atoms with Gasteiger partial charge in [0.2, 0.25) is 17.7 Å². The van der Waals surface area contributed by atoms with Crippen LogP contribution in [0.1, 0.15) is 17.5 Å². The second kappa shape index (κ2) is 13.9. The van der Waals surface area contributed by atoms with E-state index in [-0.39, 0.29) is 12.8 Å². The number of aliphatic hydroxyl groups excluding tert-OH is 1. The summed E-state index contributed by atoms with van der Waals surface area (Å²) in [5, 5.41) is 35.7. The number of benzene rings is 2. The predicted octanol–water partition coefficient (Wildman–Crippen LogP) is -0.714. The highest BCUT2D eigenvalue weighted by atomic mass is 16.4. The van der Waals surface area contributed by atoms with Crippen LogP contribution in [0.5, 0.6) is 0 Å². The van der Waals surface area contributed by atoms with E-state index in [0.29, 0.717) is 11.1 Å². The molecule has 0 aliphatic heterocycles. The van der Waals surface area contributed by atoms with Crippen molar-refractivity contribution in [1.29, 1.82) is 0 Å². The first-order chi connectivity index (χ1) is 19.1. The van der Waals surface area contributed by atoms with Crippen LogP contribution in [0, 0.1) is 0 Å². The zero-order chi connectivity index (χ0) is 29.2. The number of aliphatic carboxylic acids is 2. The molecular formula is C27H31N5O8. The number of fused-ring (bicyclic) bond motifs is 1. The number of aliphatic hydroxyl groups is 1. The van der Waals surface area contributed by atoms with E-state index in [2.05, 4.69) is 20.9 Å². The maximum Gasteiger partial charge on any atom is 0.326 e. The van der Waals surface area contributed by atoms with Crippen LogP contribution < -0.4 is 21.7 Å². The van der Waals surface area contributed by atoms with Gasteiger partial charge >= 0.3 is 11.9 Å². The minimum absolute atomic E-state index is 0.00379. The van der Waals surface area contributed by atoms with E-state index >= 15 is 0 Å². The molecule has 212 valence electrons. The Morgan fingerprint density at radius 2 is 1.35 bits per heavy atom. The normalized spacial score (nSPS) is 13.9. The van der Waals surface area contributed by atoms with Crippen molar-refractivity contribution >= 4 is 40.6 Å². The second-order valence-corrected chi connectivity index (χ2v) is 9.16. The minimum Gasteiger partial charge on any atom is -0.481 e. The summed E-state index contributed by atoms with van der Waals surface area (Å²) in [6.07, 6.45) is 0.754. The highest BCUT2D eigenvalue weighted by Crippen LogP contribution is 2.19. The predicted molar refractivity (Wildman–Crippen MR) is 143 cm³/mol. The molecule has 3 rings (SSSR count). The molecular weight excluding hydrogens is 522 g/mol. The molecule has 3 aromatic rings. The molecule has 0 bridgehead atoms. The van der Waals surface area contributed by atoms with Gasteiger partial charge in [0.25, 0.3) is 0 Å². The lowest BCUT2D eigenvalue weighted by Crippen LogP contribution is -2.58. The smallest absolute Gasteiger partial charge is 0.326 e. The Labute approximate surface area is 228 Å². The fraction of sp³-hybridized carbons (Fsp3) is 0.296. The van der Waals surface area contributed by atoms with Gasteiger partial charge in [0, 0.05) is 29.9 Å². The summed E-state index contributed by atoms with van der Waals surface area (Å²) in [6.45, 7) is -0.660. The summed E-state index contributed by atoms with van der Waals surface area (Å²) >= 11 is 0. The molecule has 0 fully saturated rings. The monoisotopic (exact) mass is 553 g/mol. The molecule has 13 heteroatoms. The maximum absolute atomic E-state index is 13.5. The molecule has 4 unspecified atom stereocenters. The number of carboxylic acids is 2. The van der Waals surface area contributed by atoms with Crippen molar-refractivity contribution in [2.75, 3.05) is 6.61 Å². The quantitative estimate of drug-likeness (QED) is 0.126. The number of hydrogen-bond acceptors (Lipinski definition) is 7. The van der Waals surface area contributed by atoms with Gasteiger partial charge in [-0.25, -0.2) is 4.79 Å². The van der Waals surface area contributed by atoms with Crippen LogP contribution in [-0.4, -0.2) is 80.7 Å².